The van der Waals surface area contributed by atoms with Crippen molar-refractivity contribution in [3.8, 4) is 5.75 Å². The predicted octanol–water partition coefficient (Wildman–Crippen LogP) is 4.97. The highest BCUT2D eigenvalue weighted by Gasteiger charge is 2.34. The van der Waals surface area contributed by atoms with Gasteiger partial charge in [-0.3, -0.25) is 24.0 Å². The Bertz CT molecular complexity index is 1560. The highest BCUT2D eigenvalue weighted by molar-refractivity contribution is 7.92. The summed E-state index contributed by atoms with van der Waals surface area (Å²) in [5.74, 6) is -0.765. The number of anilines is 1. The highest BCUT2D eigenvalue weighted by Crippen LogP contribution is 2.31. The van der Waals surface area contributed by atoms with Gasteiger partial charge in [0.2, 0.25) is 11.8 Å². The second-order valence-electron chi connectivity index (χ2n) is 9.18. The zero-order chi connectivity index (χ0) is 31.2. The van der Waals surface area contributed by atoms with Crippen LogP contribution in [-0.2, 0) is 26.2 Å². The molecule has 0 radical (unpaired) electrons. The van der Waals surface area contributed by atoms with Crippen LogP contribution in [0.4, 0.5) is 11.4 Å². The van der Waals surface area contributed by atoms with Crippen molar-refractivity contribution in [2.45, 2.75) is 37.8 Å². The number of likely N-dealkylation sites (N-methyl/N-ethyl adjacent to an activating group) is 1. The fourth-order valence-corrected chi connectivity index (χ4v) is 6.24. The zero-order valence-electron chi connectivity index (χ0n) is 23.3. The van der Waals surface area contributed by atoms with Gasteiger partial charge < -0.3 is 15.0 Å². The second-order valence-corrected chi connectivity index (χ2v) is 11.9. The third kappa shape index (κ3) is 7.12. The van der Waals surface area contributed by atoms with Gasteiger partial charge in [0.1, 0.15) is 18.3 Å². The van der Waals surface area contributed by atoms with Gasteiger partial charge in [0.05, 0.1) is 22.6 Å². The number of hydrogen-bond acceptors (Lipinski definition) is 7. The van der Waals surface area contributed by atoms with E-state index in [9.17, 15) is 28.1 Å². The molecule has 0 aromatic heterocycles. The van der Waals surface area contributed by atoms with Gasteiger partial charge in [0, 0.05) is 40.8 Å². The average molecular weight is 638 g/mol. The normalized spacial score (nSPS) is 11.9. The molecule has 0 spiro atoms. The smallest absolute Gasteiger partial charge is 0.273 e. The van der Waals surface area contributed by atoms with Crippen molar-refractivity contribution in [2.24, 2.45) is 0 Å². The van der Waals surface area contributed by atoms with E-state index in [0.717, 1.165) is 10.4 Å². The number of nitrogens with zero attached hydrogens (tertiary/aromatic N) is 3. The maximum atomic E-state index is 14.0. The zero-order valence-corrected chi connectivity index (χ0v) is 25.7. The Morgan fingerprint density at radius 2 is 1.69 bits per heavy atom. The van der Waals surface area contributed by atoms with E-state index in [2.05, 4.69) is 5.32 Å². The Balaban J connectivity index is 2.15. The highest BCUT2D eigenvalue weighted by atomic mass is 35.5. The maximum absolute atomic E-state index is 14.0. The number of hydrogen-bond donors (Lipinski definition) is 1. The Hall–Kier alpha value is -3.87. The van der Waals surface area contributed by atoms with Crippen LogP contribution in [0.2, 0.25) is 10.0 Å². The molecule has 2 amide bonds. The number of methoxy groups -OCH3 is 1. The molecule has 14 heteroatoms. The van der Waals surface area contributed by atoms with Gasteiger partial charge in [-0.15, -0.1) is 0 Å². The Morgan fingerprint density at radius 3 is 2.21 bits per heavy atom. The van der Waals surface area contributed by atoms with E-state index in [-0.39, 0.29) is 39.2 Å². The molecule has 3 rings (SSSR count). The summed E-state index contributed by atoms with van der Waals surface area (Å²) in [4.78, 5) is 38.6. The molecule has 42 heavy (non-hydrogen) atoms. The first-order chi connectivity index (χ1) is 19.8. The maximum Gasteiger partial charge on any atom is 0.273 e. The molecule has 224 valence electrons. The molecule has 0 aliphatic heterocycles. The molecule has 0 bridgehead atoms. The van der Waals surface area contributed by atoms with Gasteiger partial charge in [0.25, 0.3) is 15.7 Å². The lowest BCUT2D eigenvalue weighted by molar-refractivity contribution is -0.385. The minimum atomic E-state index is -4.53. The van der Waals surface area contributed by atoms with E-state index in [1.807, 2.05) is 0 Å². The molecular formula is C28H30Cl2N4O7S. The summed E-state index contributed by atoms with van der Waals surface area (Å²) < 4.78 is 34.0. The van der Waals surface area contributed by atoms with Gasteiger partial charge in [-0.05, 0) is 55.8 Å². The van der Waals surface area contributed by atoms with Crippen LogP contribution in [0.15, 0.2) is 65.6 Å². The summed E-state index contributed by atoms with van der Waals surface area (Å²) in [5, 5.41) is 14.6. The molecule has 0 saturated carbocycles. The number of aryl methyl sites for hydroxylation is 1. The number of carbonyl (C=O) groups excluding carboxylic acids is 2. The molecule has 0 aliphatic rings. The van der Waals surface area contributed by atoms with Gasteiger partial charge in [0.15, 0.2) is 0 Å². The third-order valence-electron chi connectivity index (χ3n) is 6.63. The fourth-order valence-electron chi connectivity index (χ4n) is 4.29. The lowest BCUT2D eigenvalue weighted by atomic mass is 10.1. The number of nitro benzene ring substituents is 1. The number of carbonyl (C=O) groups is 2. The Morgan fingerprint density at radius 1 is 1.07 bits per heavy atom. The minimum Gasteiger partial charge on any atom is -0.497 e. The topological polar surface area (TPSA) is 139 Å². The van der Waals surface area contributed by atoms with E-state index >= 15 is 0 Å². The van der Waals surface area contributed by atoms with Crippen LogP contribution < -0.4 is 14.4 Å². The van der Waals surface area contributed by atoms with Crippen LogP contribution in [0.25, 0.3) is 0 Å². The second kappa shape index (κ2) is 13.9. The number of nitro groups is 1. The molecule has 3 aromatic carbocycles. The van der Waals surface area contributed by atoms with Crippen LogP contribution in [-0.4, -0.2) is 56.8 Å². The van der Waals surface area contributed by atoms with Crippen molar-refractivity contribution in [3.63, 3.8) is 0 Å². The van der Waals surface area contributed by atoms with Crippen LogP contribution in [0.5, 0.6) is 5.75 Å². The summed E-state index contributed by atoms with van der Waals surface area (Å²) in [5.41, 5.74) is 0.351. The van der Waals surface area contributed by atoms with Crippen molar-refractivity contribution in [1.29, 1.82) is 0 Å². The predicted molar refractivity (Wildman–Crippen MR) is 161 cm³/mol. The molecule has 3 aromatic rings. The Kier molecular flexibility index (Phi) is 10.8. The lowest BCUT2D eigenvalue weighted by Gasteiger charge is -2.33. The number of benzene rings is 3. The Labute approximate surface area is 254 Å². The first-order valence-corrected chi connectivity index (χ1v) is 14.9. The van der Waals surface area contributed by atoms with Crippen LogP contribution in [0.1, 0.15) is 24.5 Å². The largest absolute Gasteiger partial charge is 0.497 e. The van der Waals surface area contributed by atoms with Crippen LogP contribution >= 0.6 is 23.2 Å². The van der Waals surface area contributed by atoms with E-state index in [0.29, 0.717) is 11.3 Å². The molecule has 0 aliphatic carbocycles. The fraction of sp³-hybridized carbons (Fsp3) is 0.286. The summed E-state index contributed by atoms with van der Waals surface area (Å²) in [6, 6.07) is 13.2. The first kappa shape index (κ1) is 32.6. The summed E-state index contributed by atoms with van der Waals surface area (Å²) in [6.45, 7) is 2.26. The van der Waals surface area contributed by atoms with Gasteiger partial charge in [-0.2, -0.15) is 0 Å². The van der Waals surface area contributed by atoms with Gasteiger partial charge in [-0.1, -0.05) is 42.3 Å². The summed E-state index contributed by atoms with van der Waals surface area (Å²) in [7, 11) is -1.67. The SMILES string of the molecule is CCC(C(=O)NC)N(Cc1c(Cl)cccc1Cl)C(=O)CN(c1ccc(OC)cc1)S(=O)(=O)c1ccc(C)c([N+](=O)[O-])c1. The number of nitrogens with one attached hydrogen (secondary N) is 1. The van der Waals surface area contributed by atoms with Crippen molar-refractivity contribution in [1.82, 2.24) is 10.2 Å². The van der Waals surface area contributed by atoms with E-state index in [1.54, 1.807) is 25.1 Å². The molecule has 0 saturated heterocycles. The average Bonchev–Trinajstić information content (AvgIpc) is 2.96. The molecule has 0 fully saturated rings. The quantitative estimate of drug-likeness (QED) is 0.219. The summed E-state index contributed by atoms with van der Waals surface area (Å²) in [6.07, 6.45) is 0.201. The van der Waals surface area contributed by atoms with Crippen molar-refractivity contribution >= 4 is 56.4 Å². The van der Waals surface area contributed by atoms with Crippen LogP contribution in [0.3, 0.4) is 0 Å². The molecule has 11 nitrogen and oxygen atoms in total. The van der Waals surface area contributed by atoms with E-state index < -0.39 is 45.0 Å². The van der Waals surface area contributed by atoms with Crippen molar-refractivity contribution in [3.05, 3.63) is 92.0 Å². The van der Waals surface area contributed by atoms with E-state index in [4.69, 9.17) is 27.9 Å². The minimum absolute atomic E-state index is 0.0936. The molecule has 1 N–H and O–H groups in total. The number of halogens is 2. The number of ether oxygens (including phenoxy) is 1. The molecular weight excluding hydrogens is 607 g/mol. The van der Waals surface area contributed by atoms with Gasteiger partial charge in [-0.25, -0.2) is 8.42 Å². The molecule has 1 atom stereocenters. The van der Waals surface area contributed by atoms with Gasteiger partial charge >= 0.3 is 0 Å². The third-order valence-corrected chi connectivity index (χ3v) is 9.11. The first-order valence-electron chi connectivity index (χ1n) is 12.7. The number of amides is 2. The summed E-state index contributed by atoms with van der Waals surface area (Å²) >= 11 is 12.8. The van der Waals surface area contributed by atoms with Crippen LogP contribution in [0, 0.1) is 17.0 Å². The molecule has 0 heterocycles. The van der Waals surface area contributed by atoms with E-state index in [1.165, 1.54) is 62.4 Å². The molecule has 1 unspecified atom stereocenters. The van der Waals surface area contributed by atoms with Crippen molar-refractivity contribution in [2.75, 3.05) is 25.0 Å². The lowest BCUT2D eigenvalue weighted by Crippen LogP contribution is -2.51. The monoisotopic (exact) mass is 636 g/mol. The number of rotatable bonds is 12. The van der Waals surface area contributed by atoms with Crippen molar-refractivity contribution < 1.29 is 27.7 Å². The standard InChI is InChI=1S/C28H30Cl2N4O7S/c1-5-25(28(36)31-3)32(16-22-23(29)7-6-8-24(22)30)27(35)17-33(19-10-12-20(41-4)13-11-19)42(39,40)21-14-9-18(2)26(15-21)34(37)38/h6-15,25H,5,16-17H2,1-4H3,(H,31,36). The number of sulfonamides is 1.